The van der Waals surface area contributed by atoms with Gasteiger partial charge in [0.1, 0.15) is 0 Å². The molecule has 0 fully saturated rings. The first-order valence-corrected chi connectivity index (χ1v) is 11.1. The van der Waals surface area contributed by atoms with Crippen LogP contribution in [0.4, 0.5) is 17.3 Å². The summed E-state index contributed by atoms with van der Waals surface area (Å²) in [6, 6.07) is 5.89. The highest BCUT2D eigenvalue weighted by Crippen LogP contribution is 2.37. The lowest BCUT2D eigenvalue weighted by molar-refractivity contribution is -0.111. The lowest BCUT2D eigenvalue weighted by atomic mass is 9.86. The molecule has 1 aliphatic rings. The maximum absolute atomic E-state index is 11.9. The number of aromatic nitrogens is 7. The Bertz CT molecular complexity index is 1340. The summed E-state index contributed by atoms with van der Waals surface area (Å²) >= 11 is 0. The van der Waals surface area contributed by atoms with Crippen LogP contribution in [0.2, 0.25) is 0 Å². The first-order chi connectivity index (χ1) is 16.7. The van der Waals surface area contributed by atoms with E-state index in [1.807, 2.05) is 23.0 Å². The Hall–Kier alpha value is -4.12. The number of hydrogen-bond donors (Lipinski definition) is 2. The normalized spacial score (nSPS) is 15.1. The van der Waals surface area contributed by atoms with Gasteiger partial charge < -0.3 is 15.4 Å². The van der Waals surface area contributed by atoms with Gasteiger partial charge in [-0.05, 0) is 42.5 Å². The van der Waals surface area contributed by atoms with Crippen molar-refractivity contribution in [3.05, 3.63) is 60.6 Å². The molecule has 0 bridgehead atoms. The van der Waals surface area contributed by atoms with E-state index in [9.17, 15) is 4.79 Å². The van der Waals surface area contributed by atoms with E-state index in [0.717, 1.165) is 41.8 Å². The minimum Gasteiger partial charge on any atom is -0.383 e. The van der Waals surface area contributed by atoms with Gasteiger partial charge in [-0.3, -0.25) is 9.48 Å². The van der Waals surface area contributed by atoms with Crippen molar-refractivity contribution in [2.45, 2.75) is 31.8 Å². The lowest BCUT2D eigenvalue weighted by Gasteiger charge is -2.27. The number of carbonyl (C=O) groups is 1. The number of ether oxygens (including phenoxy) is 1. The molecule has 0 aliphatic heterocycles. The highest BCUT2D eigenvalue weighted by molar-refractivity contribution is 5.99. The fourth-order valence-corrected chi connectivity index (χ4v) is 4.26. The van der Waals surface area contributed by atoms with Crippen molar-refractivity contribution < 1.29 is 9.53 Å². The van der Waals surface area contributed by atoms with Gasteiger partial charge in [0.25, 0.3) is 0 Å². The van der Waals surface area contributed by atoms with Crippen LogP contribution in [0.3, 0.4) is 0 Å². The zero-order chi connectivity index (χ0) is 23.5. The van der Waals surface area contributed by atoms with E-state index in [1.165, 1.54) is 6.08 Å². The number of nitrogens with zero attached hydrogens (tertiary/aromatic N) is 7. The lowest BCUT2D eigenvalue weighted by Crippen LogP contribution is -2.21. The molecule has 174 valence electrons. The summed E-state index contributed by atoms with van der Waals surface area (Å²) in [7, 11) is 1.66. The van der Waals surface area contributed by atoms with Crippen molar-refractivity contribution in [3.63, 3.8) is 0 Å². The van der Waals surface area contributed by atoms with Gasteiger partial charge in [0.15, 0.2) is 11.2 Å². The number of fused-ring (bicyclic) bond motifs is 2. The number of nitrogens with one attached hydrogen (secondary N) is 2. The first kappa shape index (κ1) is 21.7. The summed E-state index contributed by atoms with van der Waals surface area (Å²) < 4.78 is 8.73. The van der Waals surface area contributed by atoms with E-state index in [-0.39, 0.29) is 11.9 Å². The van der Waals surface area contributed by atoms with Crippen LogP contribution >= 0.6 is 0 Å². The molecule has 34 heavy (non-hydrogen) atoms. The molecular weight excluding hydrogens is 434 g/mol. The van der Waals surface area contributed by atoms with Gasteiger partial charge in [0, 0.05) is 19.0 Å². The minimum absolute atomic E-state index is 0.0473. The van der Waals surface area contributed by atoms with Crippen molar-refractivity contribution in [2.75, 3.05) is 24.4 Å². The molecule has 2 N–H and O–H groups in total. The number of anilines is 3. The largest absolute Gasteiger partial charge is 0.383 e. The number of benzene rings is 1. The van der Waals surface area contributed by atoms with Crippen molar-refractivity contribution in [2.24, 2.45) is 0 Å². The highest BCUT2D eigenvalue weighted by Gasteiger charge is 2.27. The van der Waals surface area contributed by atoms with E-state index in [2.05, 4.69) is 43.7 Å². The van der Waals surface area contributed by atoms with Crippen molar-refractivity contribution in [1.29, 1.82) is 0 Å². The van der Waals surface area contributed by atoms with Crippen LogP contribution in [0, 0.1) is 0 Å². The molecule has 4 aromatic rings. The van der Waals surface area contributed by atoms with E-state index < -0.39 is 0 Å². The van der Waals surface area contributed by atoms with E-state index in [1.54, 1.807) is 24.2 Å². The van der Waals surface area contributed by atoms with Crippen molar-refractivity contribution >= 4 is 34.4 Å². The Morgan fingerprint density at radius 3 is 3.12 bits per heavy atom. The summed E-state index contributed by atoms with van der Waals surface area (Å²) in [5.41, 5.74) is 5.05. The fourth-order valence-electron chi connectivity index (χ4n) is 4.26. The van der Waals surface area contributed by atoms with Crippen molar-refractivity contribution in [1.82, 2.24) is 34.7 Å². The number of carbonyl (C=O) groups excluding carboxylic acids is 1. The molecule has 1 amide bonds. The molecule has 11 heteroatoms. The third kappa shape index (κ3) is 4.25. The monoisotopic (exact) mass is 459 g/mol. The van der Waals surface area contributed by atoms with E-state index in [0.29, 0.717) is 30.3 Å². The third-order valence-corrected chi connectivity index (χ3v) is 5.84. The Kier molecular flexibility index (Phi) is 6.00. The second-order valence-corrected chi connectivity index (χ2v) is 8.02. The summed E-state index contributed by atoms with van der Waals surface area (Å²) in [6.45, 7) is 4.78. The SMILES string of the molecule is C=CC(=O)Nc1cccc2c1CCCC2n1nnc2cnc(Nc3cnn(CCOC)c3)nc21. The predicted octanol–water partition coefficient (Wildman–Crippen LogP) is 2.86. The van der Waals surface area contributed by atoms with Gasteiger partial charge in [0.2, 0.25) is 11.9 Å². The van der Waals surface area contributed by atoms with Crippen LogP contribution in [0.15, 0.2) is 49.4 Å². The zero-order valence-electron chi connectivity index (χ0n) is 18.8. The van der Waals surface area contributed by atoms with Gasteiger partial charge in [0.05, 0.1) is 37.3 Å². The predicted molar refractivity (Wildman–Crippen MR) is 127 cm³/mol. The maximum atomic E-state index is 11.9. The van der Waals surface area contributed by atoms with Gasteiger partial charge in [-0.15, -0.1) is 5.10 Å². The number of amides is 1. The second-order valence-electron chi connectivity index (χ2n) is 8.02. The van der Waals surface area contributed by atoms with Crippen LogP contribution in [-0.2, 0) is 22.5 Å². The molecule has 1 aliphatic carbocycles. The van der Waals surface area contributed by atoms with E-state index >= 15 is 0 Å². The molecule has 0 saturated heterocycles. The summed E-state index contributed by atoms with van der Waals surface area (Å²) in [5.74, 6) is 0.209. The summed E-state index contributed by atoms with van der Waals surface area (Å²) in [5, 5.41) is 19.1. The van der Waals surface area contributed by atoms with Crippen molar-refractivity contribution in [3.8, 4) is 0 Å². The Balaban J connectivity index is 1.45. The van der Waals surface area contributed by atoms with E-state index in [4.69, 9.17) is 9.72 Å². The van der Waals surface area contributed by atoms with Gasteiger partial charge in [-0.1, -0.05) is 23.9 Å². The molecule has 0 radical (unpaired) electrons. The quantitative estimate of drug-likeness (QED) is 0.386. The standard InChI is InChI=1S/C23H25N9O2/c1-3-21(33)27-18-8-4-7-17-16(18)6-5-9-20(17)32-22-19(29-30-32)13-24-23(28-22)26-15-12-25-31(14-15)10-11-34-2/h3-4,7-8,12-14,20H,1,5-6,9-11H2,2H3,(H,27,33)(H,24,26,28). The van der Waals surface area contributed by atoms with Gasteiger partial charge in [-0.25, -0.2) is 9.67 Å². The molecular formula is C23H25N9O2. The highest BCUT2D eigenvalue weighted by atomic mass is 16.5. The average molecular weight is 460 g/mol. The molecule has 5 rings (SSSR count). The Morgan fingerprint density at radius 2 is 2.26 bits per heavy atom. The fraction of sp³-hybridized carbons (Fsp3) is 0.304. The molecule has 3 aromatic heterocycles. The third-order valence-electron chi connectivity index (χ3n) is 5.84. The van der Waals surface area contributed by atoms with Gasteiger partial charge in [-0.2, -0.15) is 10.1 Å². The van der Waals surface area contributed by atoms with Crippen LogP contribution in [0.25, 0.3) is 11.2 Å². The topological polar surface area (TPSA) is 125 Å². The van der Waals surface area contributed by atoms with Crippen LogP contribution in [0.5, 0.6) is 0 Å². The number of hydrogen-bond acceptors (Lipinski definition) is 8. The number of methoxy groups -OCH3 is 1. The summed E-state index contributed by atoms with van der Waals surface area (Å²) in [6.07, 6.45) is 9.25. The van der Waals surface area contributed by atoms with Crippen LogP contribution < -0.4 is 10.6 Å². The molecule has 1 atom stereocenters. The first-order valence-electron chi connectivity index (χ1n) is 11.1. The smallest absolute Gasteiger partial charge is 0.247 e. The van der Waals surface area contributed by atoms with Crippen LogP contribution in [0.1, 0.15) is 30.0 Å². The minimum atomic E-state index is -0.226. The molecule has 1 aromatic carbocycles. The Morgan fingerprint density at radius 1 is 1.35 bits per heavy atom. The molecule has 3 heterocycles. The summed E-state index contributed by atoms with van der Waals surface area (Å²) in [4.78, 5) is 21.0. The molecule has 0 spiro atoms. The Labute approximate surface area is 195 Å². The van der Waals surface area contributed by atoms with Crippen LogP contribution in [-0.4, -0.2) is 54.4 Å². The van der Waals surface area contributed by atoms with Gasteiger partial charge >= 0.3 is 0 Å². The number of rotatable bonds is 8. The second kappa shape index (κ2) is 9.40. The zero-order valence-corrected chi connectivity index (χ0v) is 18.8. The maximum Gasteiger partial charge on any atom is 0.247 e. The average Bonchev–Trinajstić information content (AvgIpc) is 3.49. The molecule has 0 saturated carbocycles. The molecule has 11 nitrogen and oxygen atoms in total. The molecule has 1 unspecified atom stereocenters.